The number of H-pyrrole nitrogens is 1. The number of aromatic amines is 1. The molecule has 7 heteroatoms. The van der Waals surface area contributed by atoms with Crippen LogP contribution in [0.5, 0.6) is 5.88 Å². The van der Waals surface area contributed by atoms with Gasteiger partial charge in [-0.2, -0.15) is 10.4 Å². The first-order valence-electron chi connectivity index (χ1n) is 7.45. The van der Waals surface area contributed by atoms with Gasteiger partial charge in [-0.3, -0.25) is 5.10 Å². The van der Waals surface area contributed by atoms with Crippen LogP contribution in [0, 0.1) is 11.3 Å². The Balaban J connectivity index is 1.82. The van der Waals surface area contributed by atoms with Gasteiger partial charge in [0.05, 0.1) is 12.8 Å². The minimum atomic E-state index is 0.343. The van der Waals surface area contributed by atoms with Crippen LogP contribution in [0.25, 0.3) is 0 Å². The fourth-order valence-corrected chi connectivity index (χ4v) is 2.49. The maximum absolute atomic E-state index is 9.45. The number of benzene rings is 1. The molecule has 1 N–H and O–H groups in total. The topological polar surface area (TPSA) is 87.0 Å². The standard InChI is InChI=1S/C18H14ClN5O/c1-25-17-6-5-13(10-21-17)11-22-18-15(9-20)16(23-24-18)8-12-3-2-4-14(19)7-12/h2-7,10-11H,8H2,1H3,(H,23,24). The molecule has 6 nitrogen and oxygen atoms in total. The summed E-state index contributed by atoms with van der Waals surface area (Å²) >= 11 is 6.00. The molecule has 2 heterocycles. The van der Waals surface area contributed by atoms with E-state index in [2.05, 4.69) is 26.2 Å². The van der Waals surface area contributed by atoms with Gasteiger partial charge in [0.15, 0.2) is 5.82 Å². The summed E-state index contributed by atoms with van der Waals surface area (Å²) in [5.74, 6) is 0.869. The summed E-state index contributed by atoms with van der Waals surface area (Å²) in [6, 6.07) is 13.2. The molecule has 0 aliphatic rings. The average molecular weight is 352 g/mol. The van der Waals surface area contributed by atoms with Crippen LogP contribution in [0.1, 0.15) is 22.4 Å². The van der Waals surface area contributed by atoms with E-state index in [0.717, 1.165) is 11.1 Å². The molecule has 3 aromatic rings. The second kappa shape index (κ2) is 7.60. The maximum Gasteiger partial charge on any atom is 0.212 e. The highest BCUT2D eigenvalue weighted by molar-refractivity contribution is 6.30. The number of ether oxygens (including phenoxy) is 1. The van der Waals surface area contributed by atoms with E-state index in [4.69, 9.17) is 16.3 Å². The van der Waals surface area contributed by atoms with Crippen molar-refractivity contribution in [3.8, 4) is 11.9 Å². The molecule has 0 atom stereocenters. The van der Waals surface area contributed by atoms with E-state index in [0.29, 0.717) is 34.4 Å². The minimum absolute atomic E-state index is 0.343. The van der Waals surface area contributed by atoms with E-state index in [1.54, 1.807) is 25.6 Å². The number of rotatable bonds is 5. The quantitative estimate of drug-likeness (QED) is 0.710. The van der Waals surface area contributed by atoms with Crippen LogP contribution in [-0.4, -0.2) is 28.5 Å². The third kappa shape index (κ3) is 4.03. The fraction of sp³-hybridized carbons (Fsp3) is 0.111. The Morgan fingerprint density at radius 2 is 2.24 bits per heavy atom. The van der Waals surface area contributed by atoms with Gasteiger partial charge in [-0.15, -0.1) is 0 Å². The Morgan fingerprint density at radius 1 is 1.36 bits per heavy atom. The van der Waals surface area contributed by atoms with Gasteiger partial charge in [-0.05, 0) is 23.8 Å². The van der Waals surface area contributed by atoms with Crippen LogP contribution >= 0.6 is 11.6 Å². The number of hydrogen-bond donors (Lipinski definition) is 1. The van der Waals surface area contributed by atoms with Crippen molar-refractivity contribution in [2.24, 2.45) is 4.99 Å². The largest absolute Gasteiger partial charge is 0.481 e. The lowest BCUT2D eigenvalue weighted by Crippen LogP contribution is -1.91. The molecule has 0 aliphatic heterocycles. The zero-order valence-electron chi connectivity index (χ0n) is 13.4. The van der Waals surface area contributed by atoms with Gasteiger partial charge in [-0.25, -0.2) is 9.98 Å². The van der Waals surface area contributed by atoms with Gasteiger partial charge in [-0.1, -0.05) is 23.7 Å². The van der Waals surface area contributed by atoms with Crippen molar-refractivity contribution < 1.29 is 4.74 Å². The Morgan fingerprint density at radius 3 is 2.92 bits per heavy atom. The lowest BCUT2D eigenvalue weighted by atomic mass is 10.1. The summed E-state index contributed by atoms with van der Waals surface area (Å²) in [5.41, 5.74) is 2.88. The summed E-state index contributed by atoms with van der Waals surface area (Å²) < 4.78 is 5.01. The Hall–Kier alpha value is -3.17. The highest BCUT2D eigenvalue weighted by Gasteiger charge is 2.12. The normalized spacial score (nSPS) is 10.8. The summed E-state index contributed by atoms with van der Waals surface area (Å²) in [6.07, 6.45) is 3.76. The van der Waals surface area contributed by atoms with Crippen molar-refractivity contribution in [3.63, 3.8) is 0 Å². The van der Waals surface area contributed by atoms with Crippen LogP contribution in [0.15, 0.2) is 47.6 Å². The molecule has 0 fully saturated rings. The number of aliphatic imine (C=N–C) groups is 1. The highest BCUT2D eigenvalue weighted by Crippen LogP contribution is 2.22. The summed E-state index contributed by atoms with van der Waals surface area (Å²) in [4.78, 5) is 8.39. The summed E-state index contributed by atoms with van der Waals surface area (Å²) in [5, 5.41) is 17.1. The van der Waals surface area contributed by atoms with E-state index in [-0.39, 0.29) is 0 Å². The predicted molar refractivity (Wildman–Crippen MR) is 95.6 cm³/mol. The SMILES string of the molecule is COc1ccc(C=Nc2n[nH]c(Cc3cccc(Cl)c3)c2C#N)cn1. The zero-order valence-corrected chi connectivity index (χ0v) is 14.2. The van der Waals surface area contributed by atoms with Crippen LogP contribution in [0.3, 0.4) is 0 Å². The third-order valence-corrected chi connectivity index (χ3v) is 3.74. The van der Waals surface area contributed by atoms with Crippen LogP contribution in [0.4, 0.5) is 5.82 Å². The second-order valence-electron chi connectivity index (χ2n) is 5.21. The van der Waals surface area contributed by atoms with Gasteiger partial charge in [0.2, 0.25) is 5.88 Å². The molecule has 0 spiro atoms. The number of hydrogen-bond acceptors (Lipinski definition) is 5. The van der Waals surface area contributed by atoms with E-state index in [1.807, 2.05) is 30.3 Å². The van der Waals surface area contributed by atoms with Gasteiger partial charge in [0.25, 0.3) is 0 Å². The average Bonchev–Trinajstić information content (AvgIpc) is 3.02. The Bertz CT molecular complexity index is 941. The number of nitrogens with one attached hydrogen (secondary N) is 1. The molecule has 0 aliphatic carbocycles. The van der Waals surface area contributed by atoms with Crippen molar-refractivity contribution in [3.05, 3.63) is 70.0 Å². The van der Waals surface area contributed by atoms with E-state index in [9.17, 15) is 5.26 Å². The molecule has 0 unspecified atom stereocenters. The monoisotopic (exact) mass is 351 g/mol. The molecule has 0 saturated heterocycles. The number of nitrogens with zero attached hydrogens (tertiary/aromatic N) is 4. The molecule has 0 amide bonds. The number of halogens is 1. The molecule has 2 aromatic heterocycles. The van der Waals surface area contributed by atoms with Gasteiger partial charge in [0, 0.05) is 35.5 Å². The number of pyridine rings is 1. The molecular formula is C18H14ClN5O. The minimum Gasteiger partial charge on any atom is -0.481 e. The van der Waals surface area contributed by atoms with Crippen LogP contribution in [-0.2, 0) is 6.42 Å². The molecule has 0 saturated carbocycles. The summed E-state index contributed by atoms with van der Waals surface area (Å²) in [7, 11) is 1.56. The zero-order chi connectivity index (χ0) is 17.6. The lowest BCUT2D eigenvalue weighted by Gasteiger charge is -2.00. The first kappa shape index (κ1) is 16.7. The van der Waals surface area contributed by atoms with Gasteiger partial charge >= 0.3 is 0 Å². The third-order valence-electron chi connectivity index (χ3n) is 3.51. The van der Waals surface area contributed by atoms with Gasteiger partial charge in [0.1, 0.15) is 11.6 Å². The lowest BCUT2D eigenvalue weighted by molar-refractivity contribution is 0.398. The molecular weight excluding hydrogens is 338 g/mol. The van der Waals surface area contributed by atoms with E-state index >= 15 is 0 Å². The van der Waals surface area contributed by atoms with Crippen molar-refractivity contribution in [1.29, 1.82) is 5.26 Å². The molecule has 0 bridgehead atoms. The molecule has 1 aromatic carbocycles. The smallest absolute Gasteiger partial charge is 0.212 e. The maximum atomic E-state index is 9.45. The molecule has 0 radical (unpaired) electrons. The number of aromatic nitrogens is 3. The predicted octanol–water partition coefficient (Wildman–Crippen LogP) is 3.68. The number of nitriles is 1. The molecule has 124 valence electrons. The van der Waals surface area contributed by atoms with Crippen LogP contribution in [0.2, 0.25) is 5.02 Å². The van der Waals surface area contributed by atoms with Crippen molar-refractivity contribution in [2.45, 2.75) is 6.42 Å². The number of methoxy groups -OCH3 is 1. The first-order valence-corrected chi connectivity index (χ1v) is 7.83. The Kier molecular flexibility index (Phi) is 5.07. The molecule has 25 heavy (non-hydrogen) atoms. The molecule has 3 rings (SSSR count). The van der Waals surface area contributed by atoms with Crippen molar-refractivity contribution >= 4 is 23.6 Å². The Labute approximate surface area is 149 Å². The first-order chi connectivity index (χ1) is 12.2. The van der Waals surface area contributed by atoms with Gasteiger partial charge < -0.3 is 4.74 Å². The second-order valence-corrected chi connectivity index (χ2v) is 5.65. The van der Waals surface area contributed by atoms with E-state index < -0.39 is 0 Å². The van der Waals surface area contributed by atoms with Crippen molar-refractivity contribution in [2.75, 3.05) is 7.11 Å². The fourth-order valence-electron chi connectivity index (χ4n) is 2.28. The summed E-state index contributed by atoms with van der Waals surface area (Å²) in [6.45, 7) is 0. The highest BCUT2D eigenvalue weighted by atomic mass is 35.5. The van der Waals surface area contributed by atoms with E-state index in [1.165, 1.54) is 0 Å². The van der Waals surface area contributed by atoms with Crippen LogP contribution < -0.4 is 4.74 Å². The van der Waals surface area contributed by atoms with Crippen molar-refractivity contribution in [1.82, 2.24) is 15.2 Å².